The van der Waals surface area contributed by atoms with Crippen LogP contribution in [0.4, 0.5) is 0 Å². The van der Waals surface area contributed by atoms with Crippen LogP contribution in [-0.2, 0) is 14.9 Å². The number of carbonyl (C=O) groups is 2. The number of benzene rings is 1. The van der Waals surface area contributed by atoms with Gasteiger partial charge in [0.25, 0.3) is 5.91 Å². The molecule has 2 aliphatic heterocycles. The molecule has 0 saturated carbocycles. The summed E-state index contributed by atoms with van der Waals surface area (Å²) in [5.74, 6) is -0.829. The first-order valence-corrected chi connectivity index (χ1v) is 10.7. The van der Waals surface area contributed by atoms with Crippen LogP contribution >= 0.6 is 0 Å². The Balaban J connectivity index is 1.75. The Labute approximate surface area is 182 Å². The molecule has 2 aliphatic rings. The summed E-state index contributed by atoms with van der Waals surface area (Å²) in [6.07, 6.45) is 1.68. The second-order valence-electron chi connectivity index (χ2n) is 9.37. The summed E-state index contributed by atoms with van der Waals surface area (Å²) >= 11 is 0. The van der Waals surface area contributed by atoms with E-state index in [4.69, 9.17) is 9.15 Å². The van der Waals surface area contributed by atoms with Gasteiger partial charge in [-0.05, 0) is 48.4 Å². The van der Waals surface area contributed by atoms with E-state index in [-0.39, 0.29) is 22.9 Å². The van der Waals surface area contributed by atoms with Crippen LogP contribution in [0, 0.1) is 6.92 Å². The molecule has 31 heavy (non-hydrogen) atoms. The minimum Gasteiger partial charge on any atom is -0.503 e. The highest BCUT2D eigenvalue weighted by molar-refractivity contribution is 6.15. The number of rotatable bonds is 5. The molecule has 1 aromatic heterocycles. The van der Waals surface area contributed by atoms with Gasteiger partial charge in [-0.15, -0.1) is 0 Å². The van der Waals surface area contributed by atoms with Crippen LogP contribution in [0.3, 0.4) is 0 Å². The highest BCUT2D eigenvalue weighted by atomic mass is 16.5. The second kappa shape index (κ2) is 8.00. The van der Waals surface area contributed by atoms with Gasteiger partial charge in [-0.2, -0.15) is 0 Å². The molecule has 2 atom stereocenters. The third-order valence-corrected chi connectivity index (χ3v) is 6.03. The van der Waals surface area contributed by atoms with E-state index in [0.29, 0.717) is 18.9 Å². The first-order valence-electron chi connectivity index (χ1n) is 10.7. The fourth-order valence-electron chi connectivity index (χ4n) is 4.28. The molecule has 0 radical (unpaired) electrons. The molecular weight excluding hydrogens is 394 g/mol. The number of nitrogens with zero attached hydrogens (tertiary/aromatic N) is 1. The number of aliphatic hydroxyl groups excluding tert-OH is 1. The molecule has 6 nitrogen and oxygen atoms in total. The molecule has 0 aliphatic carbocycles. The summed E-state index contributed by atoms with van der Waals surface area (Å²) in [6, 6.07) is 10.5. The molecule has 3 heterocycles. The van der Waals surface area contributed by atoms with Gasteiger partial charge in [0.1, 0.15) is 5.76 Å². The molecule has 1 aromatic carbocycles. The maximum absolute atomic E-state index is 13.3. The number of hydrogen-bond donors (Lipinski definition) is 1. The topological polar surface area (TPSA) is 80.0 Å². The number of amides is 1. The Morgan fingerprint density at radius 2 is 1.87 bits per heavy atom. The first kappa shape index (κ1) is 21.4. The van der Waals surface area contributed by atoms with Crippen LogP contribution in [0.5, 0.6) is 0 Å². The standard InChI is InChI=1S/C25H29NO5/c1-15-7-12-19(31-15)22(27)20-21(16-8-10-17(11-9-16)25(2,3)4)26(24(29)23(20)28)14-18-6-5-13-30-18/h7-12,18,21,28H,5-6,13-14H2,1-4H3/t18-,21+/m0/s1. The Hall–Kier alpha value is -2.86. The van der Waals surface area contributed by atoms with E-state index in [0.717, 1.165) is 24.0 Å². The van der Waals surface area contributed by atoms with Crippen molar-refractivity contribution in [2.45, 2.75) is 58.1 Å². The van der Waals surface area contributed by atoms with Crippen molar-refractivity contribution in [1.29, 1.82) is 0 Å². The number of ether oxygens (including phenoxy) is 1. The summed E-state index contributed by atoms with van der Waals surface area (Å²) in [5, 5.41) is 10.7. The fourth-order valence-corrected chi connectivity index (χ4v) is 4.28. The summed E-state index contributed by atoms with van der Waals surface area (Å²) < 4.78 is 11.2. The van der Waals surface area contributed by atoms with E-state index in [1.807, 2.05) is 24.3 Å². The van der Waals surface area contributed by atoms with Crippen molar-refractivity contribution in [3.05, 3.63) is 70.4 Å². The van der Waals surface area contributed by atoms with E-state index in [1.165, 1.54) is 0 Å². The molecule has 4 rings (SSSR count). The van der Waals surface area contributed by atoms with E-state index < -0.39 is 23.5 Å². The lowest BCUT2D eigenvalue weighted by atomic mass is 9.85. The van der Waals surface area contributed by atoms with Gasteiger partial charge in [0, 0.05) is 13.2 Å². The Morgan fingerprint density at radius 1 is 1.16 bits per heavy atom. The van der Waals surface area contributed by atoms with Crippen LogP contribution in [0.25, 0.3) is 0 Å². The fraction of sp³-hybridized carbons (Fsp3) is 0.440. The number of Topliss-reactive ketones (excluding diaryl/α,β-unsaturated/α-hetero) is 1. The second-order valence-corrected chi connectivity index (χ2v) is 9.37. The summed E-state index contributed by atoms with van der Waals surface area (Å²) in [5.41, 5.74) is 1.95. The lowest BCUT2D eigenvalue weighted by molar-refractivity contribution is -0.131. The monoisotopic (exact) mass is 423 g/mol. The average molecular weight is 424 g/mol. The van der Waals surface area contributed by atoms with Crippen molar-refractivity contribution in [1.82, 2.24) is 4.90 Å². The van der Waals surface area contributed by atoms with Crippen LogP contribution in [-0.4, -0.2) is 41.0 Å². The quantitative estimate of drug-likeness (QED) is 0.709. The maximum atomic E-state index is 13.3. The van der Waals surface area contributed by atoms with E-state index in [1.54, 1.807) is 24.0 Å². The Morgan fingerprint density at radius 3 is 2.42 bits per heavy atom. The van der Waals surface area contributed by atoms with Gasteiger partial charge < -0.3 is 19.2 Å². The zero-order chi connectivity index (χ0) is 22.3. The van der Waals surface area contributed by atoms with Crippen molar-refractivity contribution < 1.29 is 23.8 Å². The number of furan rings is 1. The molecule has 0 bridgehead atoms. The van der Waals surface area contributed by atoms with E-state index in [9.17, 15) is 14.7 Å². The SMILES string of the molecule is Cc1ccc(C(=O)C2=C(O)C(=O)N(C[C@@H]3CCCO3)[C@@H]2c2ccc(C(C)(C)C)cc2)o1. The highest BCUT2D eigenvalue weighted by Gasteiger charge is 2.45. The van der Waals surface area contributed by atoms with Crippen LogP contribution in [0.15, 0.2) is 52.1 Å². The van der Waals surface area contributed by atoms with Crippen molar-refractivity contribution in [2.75, 3.05) is 13.2 Å². The Bertz CT molecular complexity index is 1020. The van der Waals surface area contributed by atoms with Gasteiger partial charge >= 0.3 is 0 Å². The maximum Gasteiger partial charge on any atom is 0.290 e. The predicted octanol–water partition coefficient (Wildman–Crippen LogP) is 4.64. The Kier molecular flexibility index (Phi) is 5.52. The van der Waals surface area contributed by atoms with Gasteiger partial charge in [-0.1, -0.05) is 45.0 Å². The lowest BCUT2D eigenvalue weighted by Crippen LogP contribution is -2.37. The van der Waals surface area contributed by atoms with Gasteiger partial charge in [0.2, 0.25) is 5.78 Å². The number of carbonyl (C=O) groups excluding carboxylic acids is 2. The molecule has 6 heteroatoms. The van der Waals surface area contributed by atoms with Crippen molar-refractivity contribution >= 4 is 11.7 Å². The van der Waals surface area contributed by atoms with Crippen LogP contribution in [0.2, 0.25) is 0 Å². The lowest BCUT2D eigenvalue weighted by Gasteiger charge is -2.29. The van der Waals surface area contributed by atoms with Gasteiger partial charge in [0.15, 0.2) is 11.5 Å². The average Bonchev–Trinajstić information content (AvgIpc) is 3.44. The molecule has 1 fully saturated rings. The first-order chi connectivity index (χ1) is 14.7. The van der Waals surface area contributed by atoms with Crippen molar-refractivity contribution in [3.8, 4) is 0 Å². The smallest absolute Gasteiger partial charge is 0.290 e. The zero-order valence-corrected chi connectivity index (χ0v) is 18.5. The summed E-state index contributed by atoms with van der Waals surface area (Å²) in [6.45, 7) is 9.12. The predicted molar refractivity (Wildman–Crippen MR) is 116 cm³/mol. The van der Waals surface area contributed by atoms with Gasteiger partial charge in [-0.25, -0.2) is 0 Å². The van der Waals surface area contributed by atoms with Crippen molar-refractivity contribution in [3.63, 3.8) is 0 Å². The van der Waals surface area contributed by atoms with Crippen LogP contribution in [0.1, 0.15) is 67.1 Å². The van der Waals surface area contributed by atoms with Gasteiger partial charge in [-0.3, -0.25) is 9.59 Å². The van der Waals surface area contributed by atoms with Gasteiger partial charge in [0.05, 0.1) is 17.7 Å². The zero-order valence-electron chi connectivity index (χ0n) is 18.5. The number of aryl methyl sites for hydroxylation is 1. The van der Waals surface area contributed by atoms with E-state index in [2.05, 4.69) is 20.8 Å². The van der Waals surface area contributed by atoms with Crippen molar-refractivity contribution in [2.24, 2.45) is 0 Å². The summed E-state index contributed by atoms with van der Waals surface area (Å²) in [4.78, 5) is 27.9. The third-order valence-electron chi connectivity index (χ3n) is 6.03. The molecule has 1 saturated heterocycles. The normalized spacial score (nSPS) is 21.9. The molecule has 2 aromatic rings. The highest BCUT2D eigenvalue weighted by Crippen LogP contribution is 2.40. The molecular formula is C25H29NO5. The molecule has 1 amide bonds. The number of hydrogen-bond acceptors (Lipinski definition) is 5. The summed E-state index contributed by atoms with van der Waals surface area (Å²) in [7, 11) is 0. The minimum absolute atomic E-state index is 0.0241. The molecule has 1 N–H and O–H groups in total. The third kappa shape index (κ3) is 4.04. The number of ketones is 1. The van der Waals surface area contributed by atoms with E-state index >= 15 is 0 Å². The molecule has 0 spiro atoms. The minimum atomic E-state index is -0.691. The number of aliphatic hydroxyl groups is 1. The van der Waals surface area contributed by atoms with Crippen LogP contribution < -0.4 is 0 Å². The largest absolute Gasteiger partial charge is 0.503 e. The molecule has 0 unspecified atom stereocenters. The molecule has 164 valence electrons.